The SMILES string of the molecule is [BH2][Nd].[Ce].[Fe]. The smallest absolute Gasteiger partial charge is 0 e. The Kier molecular flexibility index (Phi) is 63.6. The Hall–Kier alpha value is 3.31. The monoisotopic (exact) mass is 351 g/mol. The Morgan fingerprint density at radius 3 is 1.25 bits per heavy atom. The van der Waals surface area contributed by atoms with Crippen LogP contribution in [0.4, 0.5) is 0 Å². The maximum absolute atomic E-state index is 2.14. The molecule has 0 aromatic heterocycles. The van der Waals surface area contributed by atoms with Gasteiger partial charge in [0.05, 0.1) is 0 Å². The van der Waals surface area contributed by atoms with Crippen molar-refractivity contribution < 1.29 is 97.3 Å². The second-order valence-electron chi connectivity index (χ2n) is 0. The van der Waals surface area contributed by atoms with Crippen molar-refractivity contribution in [3.05, 3.63) is 0 Å². The summed E-state index contributed by atoms with van der Waals surface area (Å²) in [6.07, 6.45) is 0. The first-order chi connectivity index (χ1) is 1.00. The van der Waals surface area contributed by atoms with Crippen molar-refractivity contribution in [1.29, 1.82) is 0 Å². The van der Waals surface area contributed by atoms with Crippen LogP contribution in [-0.4, -0.2) is 3.18 Å². The standard InChI is InChI=1S/BH2.Ce.Fe.Nd/h1H2;;;/q+1;;;-1. The molecule has 0 radical (unpaired) electrons. The first-order valence-electron chi connectivity index (χ1n) is 0.500. The van der Waals surface area contributed by atoms with E-state index in [4.69, 9.17) is 0 Å². The van der Waals surface area contributed by atoms with E-state index in [0.717, 1.165) is 0 Å². The van der Waals surface area contributed by atoms with Gasteiger partial charge in [0.25, 0.3) is 0 Å². The molecule has 0 aliphatic carbocycles. The minimum absolute atomic E-state index is 0. The first-order valence-corrected chi connectivity index (χ1v) is 3.71. The Bertz CT molecular complexity index is 8.00. The molecular weight excluding hydrogens is 351 g/mol. The van der Waals surface area contributed by atoms with Gasteiger partial charge in [0.15, 0.2) is 0 Å². The Morgan fingerprint density at radius 2 is 1.25 bits per heavy atom. The third kappa shape index (κ3) is 9.00. The molecule has 0 fully saturated rings. The minimum atomic E-state index is 0. The molecular formula is H2BCeFeNd. The second-order valence-corrected chi connectivity index (χ2v) is 0. The van der Waals surface area contributed by atoms with Crippen LogP contribution in [0.2, 0.25) is 0 Å². The first kappa shape index (κ1) is 15.7. The second kappa shape index (κ2) is 16.2. The molecule has 0 N–H and O–H groups in total. The van der Waals surface area contributed by atoms with Gasteiger partial charge < -0.3 is 0 Å². The molecule has 0 aromatic rings. The summed E-state index contributed by atoms with van der Waals surface area (Å²) in [7, 11) is 0. The van der Waals surface area contributed by atoms with E-state index in [2.05, 4.69) is 3.18 Å². The third-order valence-corrected chi connectivity index (χ3v) is 0. The topological polar surface area (TPSA) is 0 Å². The molecule has 0 saturated carbocycles. The zero-order valence-electron chi connectivity index (χ0n) is 2.35. The molecule has 0 spiro atoms. The van der Waals surface area contributed by atoms with E-state index in [-0.39, 0.29) is 58.8 Å². The van der Waals surface area contributed by atoms with Gasteiger partial charge in [-0.15, -0.1) is 0 Å². The van der Waals surface area contributed by atoms with Gasteiger partial charge in [-0.25, -0.2) is 0 Å². The largest absolute Gasteiger partial charge is 0 e. The third-order valence-electron chi connectivity index (χ3n) is 0. The predicted molar refractivity (Wildman–Crippen MR) is 8.54 cm³/mol. The molecule has 0 aromatic carbocycles. The maximum Gasteiger partial charge on any atom is 0 e. The van der Waals surface area contributed by atoms with E-state index in [1.165, 1.54) is 38.5 Å². The number of hydrogen-bond acceptors (Lipinski definition) is 0. The van der Waals surface area contributed by atoms with Crippen LogP contribution < -0.4 is 0 Å². The normalized spacial score (nSPS) is 0.750. The fourth-order valence-corrected chi connectivity index (χ4v) is 0. The van der Waals surface area contributed by atoms with Crippen LogP contribution in [0.5, 0.6) is 0 Å². The molecule has 0 bridgehead atoms. The molecule has 0 heterocycles. The van der Waals surface area contributed by atoms with Crippen molar-refractivity contribution in [2.24, 2.45) is 0 Å². The quantitative estimate of drug-likeness (QED) is 0.495. The average Bonchev–Trinajstić information content (AvgIpc) is 1.00. The van der Waals surface area contributed by atoms with Gasteiger partial charge in [-0.1, -0.05) is 0 Å². The molecule has 4 heteroatoms. The number of hydrogen-bond donors (Lipinski definition) is 0. The summed E-state index contributed by atoms with van der Waals surface area (Å²) in [6.45, 7) is 0. The molecule has 0 unspecified atom stereocenters. The summed E-state index contributed by atoms with van der Waals surface area (Å²) < 4.78 is 2.14. The average molecular weight is 353 g/mol. The van der Waals surface area contributed by atoms with Crippen molar-refractivity contribution in [2.75, 3.05) is 0 Å². The Labute approximate surface area is 97.6 Å². The summed E-state index contributed by atoms with van der Waals surface area (Å²) in [5, 5.41) is 0. The maximum atomic E-state index is 2.14. The molecule has 0 aliphatic heterocycles. The molecule has 4 heavy (non-hydrogen) atoms. The van der Waals surface area contributed by atoms with Gasteiger partial charge in [-0.05, 0) is 0 Å². The van der Waals surface area contributed by atoms with Gasteiger partial charge >= 0.3 is 41.7 Å². The van der Waals surface area contributed by atoms with E-state index in [9.17, 15) is 0 Å². The summed E-state index contributed by atoms with van der Waals surface area (Å²) in [6, 6.07) is 0. The van der Waals surface area contributed by atoms with Crippen molar-refractivity contribution >= 4 is 3.18 Å². The molecule has 0 aliphatic rings. The van der Waals surface area contributed by atoms with E-state index >= 15 is 0 Å². The fourth-order valence-electron chi connectivity index (χ4n) is 0. The van der Waals surface area contributed by atoms with Crippen LogP contribution in [0, 0.1) is 80.2 Å². The zero-order valence-corrected chi connectivity index (χ0v) is 9.81. The summed E-state index contributed by atoms with van der Waals surface area (Å²) in [5.41, 5.74) is 0. The van der Waals surface area contributed by atoms with E-state index < -0.39 is 0 Å². The molecule has 0 nitrogen and oxygen atoms in total. The molecule has 0 rings (SSSR count). The fraction of sp³-hybridized carbons (Fsp3) is 0. The molecule has 21 valence electrons. The van der Waals surface area contributed by atoms with Crippen molar-refractivity contribution in [3.63, 3.8) is 0 Å². The molecule has 0 atom stereocenters. The van der Waals surface area contributed by atoms with Gasteiger partial charge in [0.1, 0.15) is 0 Å². The zero-order chi connectivity index (χ0) is 2.00. The van der Waals surface area contributed by atoms with Crippen molar-refractivity contribution in [3.8, 4) is 0 Å². The van der Waals surface area contributed by atoms with Gasteiger partial charge in [-0.3, -0.25) is 0 Å². The van der Waals surface area contributed by atoms with Crippen LogP contribution in [0.3, 0.4) is 0 Å². The number of rotatable bonds is 0. The molecule has 0 amide bonds. The molecule has 0 saturated heterocycles. The van der Waals surface area contributed by atoms with Crippen LogP contribution >= 0.6 is 0 Å². The van der Waals surface area contributed by atoms with Gasteiger partial charge in [0, 0.05) is 58.8 Å². The van der Waals surface area contributed by atoms with Crippen LogP contribution in [-0.2, 0) is 17.1 Å². The van der Waals surface area contributed by atoms with Gasteiger partial charge in [-0.2, -0.15) is 0 Å². The van der Waals surface area contributed by atoms with E-state index in [1.807, 2.05) is 0 Å². The Morgan fingerprint density at radius 1 is 1.25 bits per heavy atom. The predicted octanol–water partition coefficient (Wildman–Crippen LogP) is -0.919. The van der Waals surface area contributed by atoms with Gasteiger partial charge in [0.2, 0.25) is 0 Å². The van der Waals surface area contributed by atoms with Crippen LogP contribution in [0.1, 0.15) is 0 Å². The summed E-state index contributed by atoms with van der Waals surface area (Å²) >= 11 is 1.31. The van der Waals surface area contributed by atoms with Crippen molar-refractivity contribution in [2.45, 2.75) is 0 Å². The summed E-state index contributed by atoms with van der Waals surface area (Å²) in [4.78, 5) is 0. The minimum Gasteiger partial charge on any atom is 0 e. The Balaban J connectivity index is -0.00000000500. The van der Waals surface area contributed by atoms with Crippen molar-refractivity contribution in [1.82, 2.24) is 0 Å². The van der Waals surface area contributed by atoms with Crippen LogP contribution in [0.15, 0.2) is 0 Å². The van der Waals surface area contributed by atoms with Crippen LogP contribution in [0.25, 0.3) is 0 Å². The van der Waals surface area contributed by atoms with E-state index in [1.54, 1.807) is 0 Å². The van der Waals surface area contributed by atoms with E-state index in [0.29, 0.717) is 0 Å². The summed E-state index contributed by atoms with van der Waals surface area (Å²) in [5.74, 6) is 0.